The Kier molecular flexibility index (Phi) is 5.45. The summed E-state index contributed by atoms with van der Waals surface area (Å²) >= 11 is 0. The first-order valence-corrected chi connectivity index (χ1v) is 8.09. The highest BCUT2D eigenvalue weighted by Gasteiger charge is 2.29. The quantitative estimate of drug-likeness (QED) is 0.587. The van der Waals surface area contributed by atoms with Crippen LogP contribution in [-0.2, 0) is 25.7 Å². The largest absolute Gasteiger partial charge is 0.375 e. The van der Waals surface area contributed by atoms with Crippen LogP contribution in [0.15, 0.2) is 5.16 Å². The van der Waals surface area contributed by atoms with E-state index in [1.54, 1.807) is 20.8 Å². The van der Waals surface area contributed by atoms with Crippen LogP contribution in [0.1, 0.15) is 26.6 Å². The predicted molar refractivity (Wildman–Crippen MR) is 68.6 cm³/mol. The molecule has 20 heavy (non-hydrogen) atoms. The molecular weight excluding hydrogens is 316 g/mol. The first kappa shape index (κ1) is 17.3. The maximum Gasteiger partial charge on any atom is 0.296 e. The van der Waals surface area contributed by atoms with Crippen LogP contribution in [0.3, 0.4) is 0 Å². The van der Waals surface area contributed by atoms with Crippen molar-refractivity contribution in [3.05, 3.63) is 5.82 Å². The summed E-state index contributed by atoms with van der Waals surface area (Å²) in [5.74, 6) is 0.311. The molecule has 0 amide bonds. The molecule has 0 bridgehead atoms. The van der Waals surface area contributed by atoms with Crippen LogP contribution in [0.25, 0.3) is 0 Å². The van der Waals surface area contributed by atoms with Gasteiger partial charge in [-0.3, -0.25) is 4.57 Å². The number of aromatic nitrogens is 3. The Hall–Kier alpha value is -0.800. The van der Waals surface area contributed by atoms with Gasteiger partial charge in [-0.05, 0) is 20.8 Å². The molecule has 10 heteroatoms. The molecule has 0 fully saturated rings. The molecule has 0 aliphatic carbocycles. The van der Waals surface area contributed by atoms with Crippen LogP contribution in [0, 0.1) is 0 Å². The van der Waals surface area contributed by atoms with Gasteiger partial charge in [0.25, 0.3) is 20.6 Å². The van der Waals surface area contributed by atoms with E-state index in [0.29, 0.717) is 5.82 Å². The standard InChI is InChI=1S/C10H16ClF2N3O3S/c1-10(2,3)16-8(4-5-19-6-7(12)13)14-15-9(16)20(11,17)18/h7H,4-6H2,1-3H3. The van der Waals surface area contributed by atoms with Crippen molar-refractivity contribution in [1.82, 2.24) is 14.8 Å². The molecule has 116 valence electrons. The number of ether oxygens (including phenoxy) is 1. The zero-order valence-electron chi connectivity index (χ0n) is 11.3. The smallest absolute Gasteiger partial charge is 0.296 e. The van der Waals surface area contributed by atoms with Gasteiger partial charge in [-0.1, -0.05) is 0 Å². The fourth-order valence-electron chi connectivity index (χ4n) is 1.63. The maximum absolute atomic E-state index is 11.9. The number of hydrogen-bond donors (Lipinski definition) is 0. The summed E-state index contributed by atoms with van der Waals surface area (Å²) in [5.41, 5.74) is -0.626. The third kappa shape index (κ3) is 4.64. The average molecular weight is 332 g/mol. The number of rotatable bonds is 6. The number of alkyl halides is 2. The molecule has 0 atom stereocenters. The zero-order chi connectivity index (χ0) is 15.6. The lowest BCUT2D eigenvalue weighted by Gasteiger charge is -2.24. The summed E-state index contributed by atoms with van der Waals surface area (Å²) in [4.78, 5) is 0. The second-order valence-corrected chi connectivity index (χ2v) is 7.52. The normalized spacial score (nSPS) is 13.2. The van der Waals surface area contributed by atoms with Crippen LogP contribution in [0.2, 0.25) is 0 Å². The molecule has 0 unspecified atom stereocenters. The van der Waals surface area contributed by atoms with E-state index in [4.69, 9.17) is 15.4 Å². The Morgan fingerprint density at radius 3 is 2.40 bits per heavy atom. The number of nitrogens with zero attached hydrogens (tertiary/aromatic N) is 3. The number of halogens is 3. The Bertz CT molecular complexity index is 555. The lowest BCUT2D eigenvalue weighted by molar-refractivity contribution is 0.0179. The SMILES string of the molecule is CC(C)(C)n1c(CCOCC(F)F)nnc1S(=O)(=O)Cl. The van der Waals surface area contributed by atoms with E-state index in [1.165, 1.54) is 4.57 Å². The molecule has 0 radical (unpaired) electrons. The van der Waals surface area contributed by atoms with Gasteiger partial charge in [-0.2, -0.15) is 0 Å². The van der Waals surface area contributed by atoms with Gasteiger partial charge in [0.15, 0.2) is 0 Å². The van der Waals surface area contributed by atoms with E-state index in [0.717, 1.165) is 0 Å². The van der Waals surface area contributed by atoms with Gasteiger partial charge in [0.1, 0.15) is 12.4 Å². The zero-order valence-corrected chi connectivity index (χ0v) is 12.9. The van der Waals surface area contributed by atoms with Gasteiger partial charge < -0.3 is 4.74 Å². The molecule has 0 saturated heterocycles. The van der Waals surface area contributed by atoms with Crippen molar-refractivity contribution in [3.8, 4) is 0 Å². The third-order valence-electron chi connectivity index (χ3n) is 2.30. The van der Waals surface area contributed by atoms with E-state index < -0.39 is 27.6 Å². The molecule has 0 spiro atoms. The molecular formula is C10H16ClF2N3O3S. The van der Waals surface area contributed by atoms with Crippen molar-refractivity contribution in [2.24, 2.45) is 0 Å². The van der Waals surface area contributed by atoms with Crippen molar-refractivity contribution >= 4 is 19.7 Å². The van der Waals surface area contributed by atoms with Crippen LogP contribution >= 0.6 is 10.7 Å². The molecule has 0 saturated carbocycles. The van der Waals surface area contributed by atoms with Crippen LogP contribution in [0.4, 0.5) is 8.78 Å². The summed E-state index contributed by atoms with van der Waals surface area (Å²) in [7, 11) is 1.27. The van der Waals surface area contributed by atoms with Crippen molar-refractivity contribution in [2.45, 2.75) is 44.3 Å². The second kappa shape index (κ2) is 6.31. The average Bonchev–Trinajstić information content (AvgIpc) is 2.67. The van der Waals surface area contributed by atoms with E-state index >= 15 is 0 Å². The van der Waals surface area contributed by atoms with E-state index in [2.05, 4.69) is 10.2 Å². The second-order valence-electron chi connectivity index (χ2n) is 5.06. The first-order valence-electron chi connectivity index (χ1n) is 5.79. The lowest BCUT2D eigenvalue weighted by atomic mass is 10.1. The van der Waals surface area contributed by atoms with Crippen molar-refractivity contribution in [2.75, 3.05) is 13.2 Å². The van der Waals surface area contributed by atoms with Gasteiger partial charge >= 0.3 is 0 Å². The van der Waals surface area contributed by atoms with E-state index in [9.17, 15) is 17.2 Å². The molecule has 6 nitrogen and oxygen atoms in total. The lowest BCUT2D eigenvalue weighted by Crippen LogP contribution is -2.27. The summed E-state index contributed by atoms with van der Waals surface area (Å²) in [6.45, 7) is 4.58. The Balaban J connectivity index is 2.95. The fourth-order valence-corrected chi connectivity index (χ4v) is 2.67. The van der Waals surface area contributed by atoms with E-state index in [-0.39, 0.29) is 18.2 Å². The summed E-state index contributed by atoms with van der Waals surface area (Å²) in [6.07, 6.45) is -2.39. The minimum atomic E-state index is -4.04. The highest BCUT2D eigenvalue weighted by Crippen LogP contribution is 2.23. The van der Waals surface area contributed by atoms with Crippen molar-refractivity contribution < 1.29 is 21.9 Å². The van der Waals surface area contributed by atoms with Crippen LogP contribution in [-0.4, -0.2) is 42.8 Å². The molecule has 1 heterocycles. The van der Waals surface area contributed by atoms with Gasteiger partial charge in [0.05, 0.1) is 6.61 Å². The molecule has 1 rings (SSSR count). The van der Waals surface area contributed by atoms with Gasteiger partial charge in [0.2, 0.25) is 0 Å². The fraction of sp³-hybridized carbons (Fsp3) is 0.800. The molecule has 0 N–H and O–H groups in total. The van der Waals surface area contributed by atoms with Gasteiger partial charge in [-0.25, -0.2) is 17.2 Å². The topological polar surface area (TPSA) is 74.1 Å². The minimum Gasteiger partial charge on any atom is -0.375 e. The molecule has 0 aliphatic rings. The summed E-state index contributed by atoms with van der Waals surface area (Å²) in [5, 5.41) is 6.94. The number of hydrogen-bond acceptors (Lipinski definition) is 5. The molecule has 0 aliphatic heterocycles. The molecule has 1 aromatic rings. The molecule has 0 aromatic carbocycles. The van der Waals surface area contributed by atoms with Crippen LogP contribution in [0.5, 0.6) is 0 Å². The highest BCUT2D eigenvalue weighted by molar-refractivity contribution is 8.13. The maximum atomic E-state index is 11.9. The summed E-state index contributed by atoms with van der Waals surface area (Å²) in [6, 6.07) is 0. The van der Waals surface area contributed by atoms with Crippen molar-refractivity contribution in [1.29, 1.82) is 0 Å². The summed E-state index contributed by atoms with van der Waals surface area (Å²) < 4.78 is 52.9. The Morgan fingerprint density at radius 1 is 1.35 bits per heavy atom. The molecule has 1 aromatic heterocycles. The van der Waals surface area contributed by atoms with E-state index in [1.807, 2.05) is 0 Å². The van der Waals surface area contributed by atoms with Gasteiger partial charge in [-0.15, -0.1) is 10.2 Å². The third-order valence-corrected chi connectivity index (χ3v) is 3.42. The van der Waals surface area contributed by atoms with Crippen LogP contribution < -0.4 is 0 Å². The van der Waals surface area contributed by atoms with Crippen molar-refractivity contribution in [3.63, 3.8) is 0 Å². The Morgan fingerprint density at radius 2 is 1.95 bits per heavy atom. The monoisotopic (exact) mass is 331 g/mol. The van der Waals surface area contributed by atoms with Gasteiger partial charge in [0, 0.05) is 22.6 Å². The predicted octanol–water partition coefficient (Wildman–Crippen LogP) is 1.78. The first-order chi connectivity index (χ1) is 9.03. The Labute approximate surface area is 120 Å². The highest BCUT2D eigenvalue weighted by atomic mass is 35.7. The minimum absolute atomic E-state index is 0.0130.